The second-order valence-electron chi connectivity index (χ2n) is 3.38. The first-order valence-corrected chi connectivity index (χ1v) is 5.15. The van der Waals surface area contributed by atoms with Crippen LogP contribution < -0.4 is 10.5 Å². The predicted octanol–water partition coefficient (Wildman–Crippen LogP) is 1.25. The Bertz CT molecular complexity index is 441. The summed E-state index contributed by atoms with van der Waals surface area (Å²) in [6.45, 7) is 2.59. The van der Waals surface area contributed by atoms with Crippen molar-refractivity contribution in [3.63, 3.8) is 0 Å². The number of rotatable bonds is 4. The monoisotopic (exact) mass is 218 g/mol. The highest BCUT2D eigenvalue weighted by atomic mass is 16.5. The summed E-state index contributed by atoms with van der Waals surface area (Å²) < 4.78 is 5.41. The molecule has 16 heavy (non-hydrogen) atoms. The number of ether oxygens (including phenoxy) is 1. The van der Waals surface area contributed by atoms with Crippen LogP contribution in [0.1, 0.15) is 24.2 Å². The number of nitrogens with one attached hydrogen (secondary N) is 1. The molecule has 2 rings (SSSR count). The molecule has 0 bridgehead atoms. The fourth-order valence-electron chi connectivity index (χ4n) is 1.50. The van der Waals surface area contributed by atoms with E-state index in [0.29, 0.717) is 12.3 Å². The Morgan fingerprint density at radius 1 is 1.50 bits per heavy atom. The van der Waals surface area contributed by atoms with Gasteiger partial charge in [0.15, 0.2) is 0 Å². The van der Waals surface area contributed by atoms with Crippen LogP contribution in [0, 0.1) is 0 Å². The molecule has 2 aromatic rings. The molecule has 0 aliphatic rings. The van der Waals surface area contributed by atoms with Crippen molar-refractivity contribution in [3.05, 3.63) is 41.7 Å². The Balaban J connectivity index is 2.23. The van der Waals surface area contributed by atoms with Crippen molar-refractivity contribution < 1.29 is 4.74 Å². The second kappa shape index (κ2) is 4.76. The molecule has 0 radical (unpaired) electrons. The van der Waals surface area contributed by atoms with Crippen molar-refractivity contribution in [2.75, 3.05) is 6.61 Å². The quantitative estimate of drug-likeness (QED) is 0.809. The molecule has 0 fully saturated rings. The molecule has 1 aromatic carbocycles. The molecule has 0 saturated heterocycles. The zero-order valence-electron chi connectivity index (χ0n) is 9.05. The van der Waals surface area contributed by atoms with Gasteiger partial charge in [0, 0.05) is 0 Å². The van der Waals surface area contributed by atoms with Crippen LogP contribution in [0.2, 0.25) is 0 Å². The van der Waals surface area contributed by atoms with Crippen LogP contribution in [0.4, 0.5) is 0 Å². The Hall–Kier alpha value is -1.88. The summed E-state index contributed by atoms with van der Waals surface area (Å²) >= 11 is 0. The summed E-state index contributed by atoms with van der Waals surface area (Å²) in [5.41, 5.74) is 7.72. The van der Waals surface area contributed by atoms with Crippen LogP contribution in [-0.2, 0) is 0 Å². The molecule has 84 valence electrons. The van der Waals surface area contributed by atoms with Gasteiger partial charge in [0.1, 0.15) is 11.4 Å². The maximum absolute atomic E-state index is 6.05. The van der Waals surface area contributed by atoms with E-state index in [2.05, 4.69) is 15.4 Å². The van der Waals surface area contributed by atoms with Gasteiger partial charge in [-0.2, -0.15) is 15.4 Å². The SMILES string of the molecule is CCOc1cccc(C(N)c2cn[nH]n2)c1. The maximum Gasteiger partial charge on any atom is 0.119 e. The summed E-state index contributed by atoms with van der Waals surface area (Å²) in [6, 6.07) is 7.41. The van der Waals surface area contributed by atoms with Crippen molar-refractivity contribution in [3.8, 4) is 5.75 Å². The molecule has 1 atom stereocenters. The summed E-state index contributed by atoms with van der Waals surface area (Å²) in [6.07, 6.45) is 1.62. The third-order valence-corrected chi connectivity index (χ3v) is 2.28. The topological polar surface area (TPSA) is 76.8 Å². The first kappa shape index (κ1) is 10.6. The van der Waals surface area contributed by atoms with Crippen LogP contribution in [0.25, 0.3) is 0 Å². The van der Waals surface area contributed by atoms with Crippen molar-refractivity contribution in [1.82, 2.24) is 15.4 Å². The first-order valence-electron chi connectivity index (χ1n) is 5.15. The van der Waals surface area contributed by atoms with Crippen LogP contribution >= 0.6 is 0 Å². The van der Waals surface area contributed by atoms with Gasteiger partial charge < -0.3 is 10.5 Å². The number of aromatic nitrogens is 3. The number of aromatic amines is 1. The molecular weight excluding hydrogens is 204 g/mol. The van der Waals surface area contributed by atoms with Gasteiger partial charge in [0.2, 0.25) is 0 Å². The lowest BCUT2D eigenvalue weighted by atomic mass is 10.1. The number of nitrogens with two attached hydrogens (primary N) is 1. The Morgan fingerprint density at radius 2 is 2.38 bits per heavy atom. The van der Waals surface area contributed by atoms with Gasteiger partial charge in [-0.15, -0.1) is 0 Å². The molecule has 0 aliphatic heterocycles. The van der Waals surface area contributed by atoms with E-state index in [1.54, 1.807) is 6.20 Å². The third kappa shape index (κ3) is 2.20. The molecule has 0 saturated carbocycles. The van der Waals surface area contributed by atoms with E-state index in [9.17, 15) is 0 Å². The fourth-order valence-corrected chi connectivity index (χ4v) is 1.50. The zero-order valence-corrected chi connectivity index (χ0v) is 9.05. The van der Waals surface area contributed by atoms with Gasteiger partial charge >= 0.3 is 0 Å². The standard InChI is InChI=1S/C11H14N4O/c1-2-16-9-5-3-4-8(6-9)11(12)10-7-13-15-14-10/h3-7,11H,2,12H2,1H3,(H,13,14,15). The fraction of sp³-hybridized carbons (Fsp3) is 0.273. The largest absolute Gasteiger partial charge is 0.494 e. The van der Waals surface area contributed by atoms with E-state index in [1.807, 2.05) is 31.2 Å². The predicted molar refractivity (Wildman–Crippen MR) is 60.0 cm³/mol. The number of H-pyrrole nitrogens is 1. The average molecular weight is 218 g/mol. The number of nitrogens with zero attached hydrogens (tertiary/aromatic N) is 2. The normalized spacial score (nSPS) is 12.4. The van der Waals surface area contributed by atoms with E-state index in [-0.39, 0.29) is 6.04 Å². The van der Waals surface area contributed by atoms with E-state index < -0.39 is 0 Å². The van der Waals surface area contributed by atoms with Gasteiger partial charge in [-0.05, 0) is 24.6 Å². The smallest absolute Gasteiger partial charge is 0.119 e. The summed E-state index contributed by atoms with van der Waals surface area (Å²) in [4.78, 5) is 0. The molecular formula is C11H14N4O. The van der Waals surface area contributed by atoms with Crippen LogP contribution in [0.5, 0.6) is 5.75 Å². The molecule has 1 heterocycles. The molecule has 1 unspecified atom stereocenters. The maximum atomic E-state index is 6.05. The highest BCUT2D eigenvalue weighted by Crippen LogP contribution is 2.21. The van der Waals surface area contributed by atoms with Crippen molar-refractivity contribution in [2.45, 2.75) is 13.0 Å². The van der Waals surface area contributed by atoms with E-state index in [4.69, 9.17) is 10.5 Å². The molecule has 1 aromatic heterocycles. The molecule has 5 heteroatoms. The van der Waals surface area contributed by atoms with Gasteiger partial charge in [-0.1, -0.05) is 12.1 Å². The minimum absolute atomic E-state index is 0.279. The van der Waals surface area contributed by atoms with Gasteiger partial charge in [0.25, 0.3) is 0 Å². The summed E-state index contributed by atoms with van der Waals surface area (Å²) in [5, 5.41) is 10.3. The lowest BCUT2D eigenvalue weighted by Crippen LogP contribution is -2.12. The van der Waals surface area contributed by atoms with Crippen molar-refractivity contribution >= 4 is 0 Å². The molecule has 0 amide bonds. The number of benzene rings is 1. The van der Waals surface area contributed by atoms with E-state index in [0.717, 1.165) is 11.3 Å². The van der Waals surface area contributed by atoms with Crippen molar-refractivity contribution in [2.24, 2.45) is 5.73 Å². The molecule has 3 N–H and O–H groups in total. The minimum Gasteiger partial charge on any atom is -0.494 e. The third-order valence-electron chi connectivity index (χ3n) is 2.28. The molecule has 0 spiro atoms. The first-order chi connectivity index (χ1) is 7.81. The lowest BCUT2D eigenvalue weighted by molar-refractivity contribution is 0.340. The average Bonchev–Trinajstić information content (AvgIpc) is 2.82. The Labute approximate surface area is 93.6 Å². The Morgan fingerprint density at radius 3 is 3.06 bits per heavy atom. The van der Waals surface area contributed by atoms with Gasteiger partial charge in [-0.25, -0.2) is 0 Å². The van der Waals surface area contributed by atoms with Gasteiger partial charge in [0.05, 0.1) is 18.8 Å². The highest BCUT2D eigenvalue weighted by molar-refractivity contribution is 5.33. The van der Waals surface area contributed by atoms with Crippen LogP contribution in [0.3, 0.4) is 0 Å². The van der Waals surface area contributed by atoms with Crippen LogP contribution in [0.15, 0.2) is 30.5 Å². The molecule has 5 nitrogen and oxygen atoms in total. The summed E-state index contributed by atoms with van der Waals surface area (Å²) in [5.74, 6) is 0.818. The number of hydrogen-bond acceptors (Lipinski definition) is 4. The minimum atomic E-state index is -0.279. The Kier molecular flexibility index (Phi) is 3.16. The van der Waals surface area contributed by atoms with E-state index >= 15 is 0 Å². The second-order valence-corrected chi connectivity index (χ2v) is 3.38. The van der Waals surface area contributed by atoms with Crippen LogP contribution in [-0.4, -0.2) is 22.0 Å². The van der Waals surface area contributed by atoms with E-state index in [1.165, 1.54) is 0 Å². The lowest BCUT2D eigenvalue weighted by Gasteiger charge is -2.10. The molecule has 0 aliphatic carbocycles. The highest BCUT2D eigenvalue weighted by Gasteiger charge is 2.11. The number of hydrogen-bond donors (Lipinski definition) is 2. The van der Waals surface area contributed by atoms with Crippen molar-refractivity contribution in [1.29, 1.82) is 0 Å². The van der Waals surface area contributed by atoms with Gasteiger partial charge in [-0.3, -0.25) is 0 Å². The zero-order chi connectivity index (χ0) is 11.4. The summed E-state index contributed by atoms with van der Waals surface area (Å²) in [7, 11) is 0.